The van der Waals surface area contributed by atoms with Crippen LogP contribution in [0.3, 0.4) is 0 Å². The number of esters is 1. The number of nitrogens with one attached hydrogen (secondary N) is 1. The summed E-state index contributed by atoms with van der Waals surface area (Å²) in [6, 6.07) is 0. The Morgan fingerprint density at radius 2 is 2.27 bits per heavy atom. The highest BCUT2D eigenvalue weighted by Crippen LogP contribution is 2.08. The van der Waals surface area contributed by atoms with E-state index in [9.17, 15) is 4.79 Å². The van der Waals surface area contributed by atoms with Crippen molar-refractivity contribution in [1.29, 1.82) is 0 Å². The van der Waals surface area contributed by atoms with Crippen molar-refractivity contribution in [3.05, 3.63) is 0 Å². The van der Waals surface area contributed by atoms with Crippen LogP contribution in [0.1, 0.15) is 26.2 Å². The van der Waals surface area contributed by atoms with Crippen LogP contribution in [0.25, 0.3) is 0 Å². The number of carbonyl (C=O) groups excluding carboxylic acids is 1. The molecule has 0 spiro atoms. The number of rotatable bonds is 7. The fraction of sp³-hybridized carbons (Fsp3) is 0.909. The van der Waals surface area contributed by atoms with Gasteiger partial charge in [-0.2, -0.15) is 0 Å². The van der Waals surface area contributed by atoms with Gasteiger partial charge in [0, 0.05) is 13.2 Å². The van der Waals surface area contributed by atoms with Gasteiger partial charge in [0.2, 0.25) is 0 Å². The standard InChI is InChI=1S/C11H21NO3/c1-2-3-6-14-7-8-15-11(13)10-4-5-12-9-10/h10,12H,2-9H2,1H3. The minimum atomic E-state index is -0.0842. The molecule has 88 valence electrons. The molecule has 0 aliphatic carbocycles. The van der Waals surface area contributed by atoms with Gasteiger partial charge in [0.15, 0.2) is 0 Å². The summed E-state index contributed by atoms with van der Waals surface area (Å²) in [5.41, 5.74) is 0. The van der Waals surface area contributed by atoms with E-state index in [1.807, 2.05) is 0 Å². The Kier molecular flexibility index (Phi) is 6.36. The zero-order chi connectivity index (χ0) is 10.9. The molecule has 1 rings (SSSR count). The largest absolute Gasteiger partial charge is 0.463 e. The third-order valence-corrected chi connectivity index (χ3v) is 2.51. The summed E-state index contributed by atoms with van der Waals surface area (Å²) in [4.78, 5) is 11.4. The second kappa shape index (κ2) is 7.65. The highest BCUT2D eigenvalue weighted by molar-refractivity contribution is 5.73. The Balaban J connectivity index is 1.92. The molecule has 1 saturated heterocycles. The van der Waals surface area contributed by atoms with E-state index in [0.717, 1.165) is 39.0 Å². The average Bonchev–Trinajstić information content (AvgIpc) is 2.76. The van der Waals surface area contributed by atoms with E-state index < -0.39 is 0 Å². The molecule has 1 heterocycles. The molecule has 0 saturated carbocycles. The normalized spacial score (nSPS) is 20.5. The Bertz CT molecular complexity index is 179. The van der Waals surface area contributed by atoms with Crippen LogP contribution in [-0.4, -0.2) is 38.9 Å². The number of hydrogen-bond acceptors (Lipinski definition) is 4. The second-order valence-electron chi connectivity index (χ2n) is 3.82. The van der Waals surface area contributed by atoms with Gasteiger partial charge in [-0.1, -0.05) is 13.3 Å². The van der Waals surface area contributed by atoms with Crippen LogP contribution in [0.15, 0.2) is 0 Å². The molecule has 0 aromatic heterocycles. The van der Waals surface area contributed by atoms with Crippen LogP contribution in [-0.2, 0) is 14.3 Å². The zero-order valence-corrected chi connectivity index (χ0v) is 9.46. The summed E-state index contributed by atoms with van der Waals surface area (Å²) in [5, 5.41) is 3.14. The Hall–Kier alpha value is -0.610. The van der Waals surface area contributed by atoms with Crippen molar-refractivity contribution in [2.45, 2.75) is 26.2 Å². The number of unbranched alkanes of at least 4 members (excludes halogenated alkanes) is 1. The van der Waals surface area contributed by atoms with Crippen molar-refractivity contribution >= 4 is 5.97 Å². The first-order chi connectivity index (χ1) is 7.34. The van der Waals surface area contributed by atoms with Gasteiger partial charge in [-0.15, -0.1) is 0 Å². The Morgan fingerprint density at radius 3 is 2.93 bits per heavy atom. The summed E-state index contributed by atoms with van der Waals surface area (Å²) in [6.07, 6.45) is 3.10. The molecule has 1 N–H and O–H groups in total. The quantitative estimate of drug-likeness (QED) is 0.507. The minimum Gasteiger partial charge on any atom is -0.463 e. The van der Waals surface area contributed by atoms with Gasteiger partial charge in [0.1, 0.15) is 6.61 Å². The topological polar surface area (TPSA) is 47.6 Å². The predicted molar refractivity (Wildman–Crippen MR) is 57.7 cm³/mol. The molecular formula is C11H21NO3. The second-order valence-corrected chi connectivity index (χ2v) is 3.82. The van der Waals surface area contributed by atoms with Crippen LogP contribution < -0.4 is 5.32 Å². The molecule has 15 heavy (non-hydrogen) atoms. The molecule has 1 atom stereocenters. The van der Waals surface area contributed by atoms with E-state index in [-0.39, 0.29) is 11.9 Å². The van der Waals surface area contributed by atoms with Crippen LogP contribution in [0, 0.1) is 5.92 Å². The van der Waals surface area contributed by atoms with Gasteiger partial charge in [0.05, 0.1) is 12.5 Å². The van der Waals surface area contributed by atoms with Crippen molar-refractivity contribution < 1.29 is 14.3 Å². The monoisotopic (exact) mass is 215 g/mol. The minimum absolute atomic E-state index is 0.0561. The third-order valence-electron chi connectivity index (χ3n) is 2.51. The summed E-state index contributed by atoms with van der Waals surface area (Å²) in [6.45, 7) is 5.47. The highest BCUT2D eigenvalue weighted by atomic mass is 16.6. The van der Waals surface area contributed by atoms with Crippen molar-refractivity contribution in [1.82, 2.24) is 5.32 Å². The van der Waals surface area contributed by atoms with E-state index in [1.54, 1.807) is 0 Å². The van der Waals surface area contributed by atoms with Crippen molar-refractivity contribution in [2.24, 2.45) is 5.92 Å². The molecule has 0 aromatic rings. The van der Waals surface area contributed by atoms with Crippen LogP contribution in [0.2, 0.25) is 0 Å². The summed E-state index contributed by atoms with van der Waals surface area (Å²) in [7, 11) is 0. The molecule has 0 aromatic carbocycles. The van der Waals surface area contributed by atoms with Gasteiger partial charge in [-0.3, -0.25) is 4.79 Å². The molecule has 4 heteroatoms. The van der Waals surface area contributed by atoms with Crippen molar-refractivity contribution in [2.75, 3.05) is 32.9 Å². The van der Waals surface area contributed by atoms with Gasteiger partial charge >= 0.3 is 5.97 Å². The maximum Gasteiger partial charge on any atom is 0.310 e. The summed E-state index contributed by atoms with van der Waals surface area (Å²) < 4.78 is 10.4. The molecular weight excluding hydrogens is 194 g/mol. The third kappa shape index (κ3) is 5.14. The zero-order valence-electron chi connectivity index (χ0n) is 9.46. The van der Waals surface area contributed by atoms with Crippen molar-refractivity contribution in [3.63, 3.8) is 0 Å². The Morgan fingerprint density at radius 1 is 1.40 bits per heavy atom. The van der Waals surface area contributed by atoms with Gasteiger partial charge in [0.25, 0.3) is 0 Å². The van der Waals surface area contributed by atoms with Gasteiger partial charge < -0.3 is 14.8 Å². The fourth-order valence-corrected chi connectivity index (χ4v) is 1.52. The smallest absolute Gasteiger partial charge is 0.310 e. The van der Waals surface area contributed by atoms with Gasteiger partial charge in [-0.05, 0) is 19.4 Å². The molecule has 0 radical (unpaired) electrons. The lowest BCUT2D eigenvalue weighted by Crippen LogP contribution is -2.22. The number of hydrogen-bond donors (Lipinski definition) is 1. The highest BCUT2D eigenvalue weighted by Gasteiger charge is 2.23. The maximum absolute atomic E-state index is 11.4. The lowest BCUT2D eigenvalue weighted by Gasteiger charge is -2.09. The van der Waals surface area contributed by atoms with E-state index in [4.69, 9.17) is 9.47 Å². The molecule has 0 bridgehead atoms. The van der Waals surface area contributed by atoms with Crippen molar-refractivity contribution in [3.8, 4) is 0 Å². The summed E-state index contributed by atoms with van der Waals surface area (Å²) >= 11 is 0. The van der Waals surface area contributed by atoms with E-state index in [2.05, 4.69) is 12.2 Å². The first kappa shape index (κ1) is 12.5. The van der Waals surface area contributed by atoms with Crippen LogP contribution >= 0.6 is 0 Å². The lowest BCUT2D eigenvalue weighted by molar-refractivity contribution is -0.149. The van der Waals surface area contributed by atoms with Crippen LogP contribution in [0.4, 0.5) is 0 Å². The first-order valence-electron chi connectivity index (χ1n) is 5.79. The van der Waals surface area contributed by atoms with Gasteiger partial charge in [-0.25, -0.2) is 0 Å². The van der Waals surface area contributed by atoms with E-state index in [0.29, 0.717) is 13.2 Å². The predicted octanol–water partition coefficient (Wildman–Crippen LogP) is 0.956. The molecule has 1 fully saturated rings. The molecule has 0 amide bonds. The average molecular weight is 215 g/mol. The van der Waals surface area contributed by atoms with E-state index in [1.165, 1.54) is 0 Å². The lowest BCUT2D eigenvalue weighted by atomic mass is 10.1. The van der Waals surface area contributed by atoms with Crippen LogP contribution in [0.5, 0.6) is 0 Å². The molecule has 1 aliphatic heterocycles. The number of ether oxygens (including phenoxy) is 2. The molecule has 1 unspecified atom stereocenters. The van der Waals surface area contributed by atoms with E-state index >= 15 is 0 Å². The molecule has 1 aliphatic rings. The first-order valence-corrected chi connectivity index (χ1v) is 5.79. The summed E-state index contributed by atoms with van der Waals surface area (Å²) in [5.74, 6) is -0.0280. The number of carbonyl (C=O) groups is 1. The maximum atomic E-state index is 11.4. The Labute approximate surface area is 91.3 Å². The fourth-order valence-electron chi connectivity index (χ4n) is 1.52. The SMILES string of the molecule is CCCCOCCOC(=O)C1CCNC1. The molecule has 4 nitrogen and oxygen atoms in total.